The Labute approximate surface area is 173 Å². The number of primary amides is 1. The molecule has 3 amide bonds. The molecule has 3 heterocycles. The molecule has 2 atom stereocenters. The van der Waals surface area contributed by atoms with Crippen molar-refractivity contribution in [1.29, 1.82) is 0 Å². The van der Waals surface area contributed by atoms with Gasteiger partial charge in [-0.1, -0.05) is 11.6 Å². The summed E-state index contributed by atoms with van der Waals surface area (Å²) >= 11 is 7.39. The second kappa shape index (κ2) is 7.39. The maximum absolute atomic E-state index is 12.5. The number of benzene rings is 1. The zero-order chi connectivity index (χ0) is 19.9. The van der Waals surface area contributed by atoms with Crippen LogP contribution in [0.25, 0.3) is 0 Å². The molecule has 0 bridgehead atoms. The fourth-order valence-electron chi connectivity index (χ4n) is 4.47. The van der Waals surface area contributed by atoms with E-state index in [-0.39, 0.29) is 0 Å². The van der Waals surface area contributed by atoms with Gasteiger partial charge in [-0.25, -0.2) is 4.79 Å². The highest BCUT2D eigenvalue weighted by Gasteiger charge is 2.44. The highest BCUT2D eigenvalue weighted by Crippen LogP contribution is 2.48. The summed E-state index contributed by atoms with van der Waals surface area (Å²) in [6.07, 6.45) is 4.36. The van der Waals surface area contributed by atoms with E-state index < -0.39 is 11.9 Å². The first-order chi connectivity index (χ1) is 13.4. The van der Waals surface area contributed by atoms with Crippen LogP contribution in [0, 0.1) is 0 Å². The van der Waals surface area contributed by atoms with Gasteiger partial charge in [0.1, 0.15) is 11.0 Å². The minimum atomic E-state index is -0.480. The zero-order valence-electron chi connectivity index (χ0n) is 15.8. The Morgan fingerprint density at radius 2 is 1.93 bits per heavy atom. The number of halogens is 1. The van der Waals surface area contributed by atoms with E-state index in [1.54, 1.807) is 24.3 Å². The minimum absolute atomic E-state index is 0.385. The summed E-state index contributed by atoms with van der Waals surface area (Å²) in [7, 11) is 2.30. The number of nitrogens with one attached hydrogen (secondary N) is 2. The molecule has 0 radical (unpaired) electrons. The quantitative estimate of drug-likeness (QED) is 0.645. The van der Waals surface area contributed by atoms with Crippen molar-refractivity contribution in [2.24, 2.45) is 5.73 Å². The second-order valence-electron chi connectivity index (χ2n) is 7.79. The van der Waals surface area contributed by atoms with Gasteiger partial charge >= 0.3 is 6.03 Å². The second-order valence-corrected chi connectivity index (χ2v) is 9.28. The number of hydrogen-bond acceptors (Lipinski definition) is 3. The molecule has 0 spiro atoms. The van der Waals surface area contributed by atoms with Crippen molar-refractivity contribution in [2.45, 2.75) is 31.7 Å². The lowest BCUT2D eigenvalue weighted by atomic mass is 9.89. The van der Waals surface area contributed by atoms with Gasteiger partial charge in [0.25, 0.3) is 5.91 Å². The zero-order valence-corrected chi connectivity index (χ0v) is 17.3. The number of anilines is 2. The third-order valence-corrected chi connectivity index (χ3v) is 7.44. The molecule has 6 nitrogen and oxygen atoms in total. The number of fused-ring (bicyclic) bond motifs is 3. The molecule has 1 aromatic heterocycles. The van der Waals surface area contributed by atoms with E-state index >= 15 is 0 Å². The third kappa shape index (κ3) is 3.50. The van der Waals surface area contributed by atoms with Gasteiger partial charge in [-0.05, 0) is 42.7 Å². The Hall–Kier alpha value is -2.09. The SMILES string of the molecule is C[N+]12CCCCC1c1sc(NC(=O)Nc3ccc(Cl)cc3)c(C(N)=O)c1CC2. The van der Waals surface area contributed by atoms with Crippen LogP contribution in [-0.4, -0.2) is 36.6 Å². The predicted molar refractivity (Wildman–Crippen MR) is 113 cm³/mol. The summed E-state index contributed by atoms with van der Waals surface area (Å²) in [5.74, 6) is -0.480. The molecule has 0 saturated carbocycles. The lowest BCUT2D eigenvalue weighted by molar-refractivity contribution is -0.945. The number of nitrogens with two attached hydrogens (primary N) is 1. The van der Waals surface area contributed by atoms with Crippen molar-refractivity contribution >= 4 is 45.6 Å². The van der Waals surface area contributed by atoms with E-state index in [0.717, 1.165) is 36.0 Å². The van der Waals surface area contributed by atoms with Gasteiger partial charge < -0.3 is 15.5 Å². The molecule has 1 aromatic carbocycles. The molecular formula is C20H24ClN4O2S+. The molecule has 1 fully saturated rings. The largest absolute Gasteiger partial charge is 0.365 e. The van der Waals surface area contributed by atoms with Crippen molar-refractivity contribution in [2.75, 3.05) is 30.8 Å². The number of carbonyl (C=O) groups excluding carboxylic acids is 2. The number of likely N-dealkylation sites (N-methyl/N-ethyl adjacent to an activating group) is 1. The molecule has 2 unspecified atom stereocenters. The van der Waals surface area contributed by atoms with Crippen LogP contribution in [-0.2, 0) is 6.42 Å². The smallest absolute Gasteiger partial charge is 0.324 e. The summed E-state index contributed by atoms with van der Waals surface area (Å²) in [5, 5.41) is 6.76. The van der Waals surface area contributed by atoms with Crippen LogP contribution in [0.15, 0.2) is 24.3 Å². The maximum Gasteiger partial charge on any atom is 0.324 e. The normalized spacial score (nSPS) is 23.4. The van der Waals surface area contributed by atoms with Gasteiger partial charge in [0, 0.05) is 23.6 Å². The molecule has 1 saturated heterocycles. The number of quaternary nitrogens is 1. The van der Waals surface area contributed by atoms with E-state index in [2.05, 4.69) is 17.7 Å². The van der Waals surface area contributed by atoms with E-state index in [1.807, 2.05) is 0 Å². The fraction of sp³-hybridized carbons (Fsp3) is 0.400. The summed E-state index contributed by atoms with van der Waals surface area (Å²) in [6.45, 7) is 2.17. The topological polar surface area (TPSA) is 84.2 Å². The van der Waals surface area contributed by atoms with E-state index in [1.165, 1.54) is 29.1 Å². The number of carbonyl (C=O) groups is 2. The van der Waals surface area contributed by atoms with Crippen LogP contribution in [0.3, 0.4) is 0 Å². The molecule has 2 aliphatic heterocycles. The van der Waals surface area contributed by atoms with Crippen molar-refractivity contribution in [3.63, 3.8) is 0 Å². The molecule has 2 aromatic rings. The van der Waals surface area contributed by atoms with Gasteiger partial charge in [0.2, 0.25) is 0 Å². The Kier molecular flexibility index (Phi) is 5.07. The van der Waals surface area contributed by atoms with Crippen molar-refractivity contribution in [3.05, 3.63) is 45.3 Å². The molecule has 0 aliphatic carbocycles. The first-order valence-corrected chi connectivity index (χ1v) is 10.7. The molecule has 4 N–H and O–H groups in total. The van der Waals surface area contributed by atoms with Crippen molar-refractivity contribution in [3.8, 4) is 0 Å². The minimum Gasteiger partial charge on any atom is -0.365 e. The number of thiophene rings is 1. The predicted octanol–water partition coefficient (Wildman–Crippen LogP) is 4.37. The van der Waals surface area contributed by atoms with E-state index in [9.17, 15) is 9.59 Å². The Morgan fingerprint density at radius 3 is 2.64 bits per heavy atom. The van der Waals surface area contributed by atoms with E-state index in [4.69, 9.17) is 17.3 Å². The van der Waals surface area contributed by atoms with Crippen molar-refractivity contribution < 1.29 is 14.1 Å². The third-order valence-electron chi connectivity index (χ3n) is 5.94. The molecular weight excluding hydrogens is 396 g/mol. The lowest BCUT2D eigenvalue weighted by Gasteiger charge is -2.47. The summed E-state index contributed by atoms with van der Waals surface area (Å²) in [4.78, 5) is 25.9. The fourth-order valence-corrected chi connectivity index (χ4v) is 6.13. The highest BCUT2D eigenvalue weighted by molar-refractivity contribution is 7.17. The Balaban J connectivity index is 1.61. The van der Waals surface area contributed by atoms with Gasteiger partial charge in [-0.15, -0.1) is 11.3 Å². The maximum atomic E-state index is 12.5. The summed E-state index contributed by atoms with van der Waals surface area (Å²) in [6, 6.07) is 6.85. The van der Waals surface area contributed by atoms with Gasteiger partial charge in [0.15, 0.2) is 0 Å². The average Bonchev–Trinajstić information content (AvgIpc) is 3.01. The number of urea groups is 1. The monoisotopic (exact) mass is 419 g/mol. The Morgan fingerprint density at radius 1 is 1.18 bits per heavy atom. The Bertz CT molecular complexity index is 927. The summed E-state index contributed by atoms with van der Waals surface area (Å²) in [5.41, 5.74) is 7.84. The molecule has 28 heavy (non-hydrogen) atoms. The number of piperidine rings is 1. The molecule has 148 valence electrons. The van der Waals surface area contributed by atoms with Crippen LogP contribution in [0.4, 0.5) is 15.5 Å². The van der Waals surface area contributed by atoms with Gasteiger partial charge in [-0.2, -0.15) is 0 Å². The number of rotatable bonds is 3. The number of hydrogen-bond donors (Lipinski definition) is 3. The van der Waals surface area contributed by atoms with Crippen LogP contribution >= 0.6 is 22.9 Å². The van der Waals surface area contributed by atoms with Crippen molar-refractivity contribution in [1.82, 2.24) is 0 Å². The molecule has 8 heteroatoms. The van der Waals surface area contributed by atoms with Crippen LogP contribution in [0.2, 0.25) is 5.02 Å². The molecule has 2 aliphatic rings. The number of nitrogens with zero attached hydrogens (tertiary/aromatic N) is 1. The first-order valence-electron chi connectivity index (χ1n) is 9.50. The standard InChI is InChI=1S/C20H23ClN4O2S/c1-25-10-3-2-4-15(25)17-14(9-11-25)16(18(22)26)19(28-17)24-20(27)23-13-7-5-12(21)6-8-13/h5-8,15H,2-4,9-11H2,1H3,(H3-,22,23,24,26,27)/p+1. The first kappa shape index (κ1) is 19.2. The van der Waals surface area contributed by atoms with Gasteiger partial charge in [-0.3, -0.25) is 10.1 Å². The number of amides is 3. The highest BCUT2D eigenvalue weighted by atomic mass is 35.5. The van der Waals surface area contributed by atoms with Crippen LogP contribution in [0.5, 0.6) is 0 Å². The van der Waals surface area contributed by atoms with Crippen LogP contribution < -0.4 is 16.4 Å². The van der Waals surface area contributed by atoms with Crippen LogP contribution in [0.1, 0.15) is 46.1 Å². The van der Waals surface area contributed by atoms with E-state index in [0.29, 0.717) is 27.3 Å². The molecule has 4 rings (SSSR count). The van der Waals surface area contributed by atoms with Gasteiger partial charge in [0.05, 0.1) is 30.6 Å². The summed E-state index contributed by atoms with van der Waals surface area (Å²) < 4.78 is 1.02. The lowest BCUT2D eigenvalue weighted by Crippen LogP contribution is -2.53. The average molecular weight is 420 g/mol.